The third-order valence-corrected chi connectivity index (χ3v) is 5.84. The van der Waals surface area contributed by atoms with Crippen LogP contribution < -0.4 is 5.32 Å². The summed E-state index contributed by atoms with van der Waals surface area (Å²) in [5.41, 5.74) is 2.41. The topological polar surface area (TPSA) is 29.1 Å². The molecule has 2 aliphatic carbocycles. The molecule has 0 spiro atoms. The molecule has 2 aliphatic rings. The minimum absolute atomic E-state index is 0.0354. The number of hydrogen-bond acceptors (Lipinski definition) is 1. The quantitative estimate of drug-likeness (QED) is 0.780. The Morgan fingerprint density at radius 1 is 1.13 bits per heavy atom. The third kappa shape index (κ3) is 3.85. The van der Waals surface area contributed by atoms with Gasteiger partial charge in [0.15, 0.2) is 0 Å². The average molecular weight is 311 g/mol. The summed E-state index contributed by atoms with van der Waals surface area (Å²) in [6.45, 7) is 6.55. The molecule has 1 amide bonds. The van der Waals surface area contributed by atoms with E-state index in [9.17, 15) is 4.79 Å². The first-order valence-electron chi connectivity index (χ1n) is 9.11. The zero-order chi connectivity index (χ0) is 16.4. The van der Waals surface area contributed by atoms with Crippen molar-refractivity contribution in [3.8, 4) is 0 Å². The van der Waals surface area contributed by atoms with E-state index in [0.717, 1.165) is 17.4 Å². The van der Waals surface area contributed by atoms with Crippen molar-refractivity contribution in [2.75, 3.05) is 0 Å². The van der Waals surface area contributed by atoms with Crippen molar-refractivity contribution < 1.29 is 4.79 Å². The number of amides is 1. The predicted molar refractivity (Wildman–Crippen MR) is 96.1 cm³/mol. The molecule has 2 nitrogen and oxygen atoms in total. The molecule has 124 valence electrons. The van der Waals surface area contributed by atoms with Crippen LogP contribution in [0.1, 0.15) is 63.5 Å². The standard InChI is InChI=1S/C21H29NO/c1-14(2)18-8-4-16(5-9-18)7-11-21(23)22-15(3)20-13-17-6-10-19(20)12-17/h4-5,7-9,11,14-15,17,19-20H,6,10,12-13H2,1-3H3,(H,22,23)/b11-7+. The largest absolute Gasteiger partial charge is 0.350 e. The van der Waals surface area contributed by atoms with E-state index in [1.54, 1.807) is 6.08 Å². The lowest BCUT2D eigenvalue weighted by molar-refractivity contribution is -0.117. The van der Waals surface area contributed by atoms with E-state index in [1.807, 2.05) is 6.08 Å². The van der Waals surface area contributed by atoms with Crippen LogP contribution in [-0.2, 0) is 4.79 Å². The van der Waals surface area contributed by atoms with Gasteiger partial charge >= 0.3 is 0 Å². The molecular formula is C21H29NO. The Morgan fingerprint density at radius 3 is 2.43 bits per heavy atom. The lowest BCUT2D eigenvalue weighted by Gasteiger charge is -2.28. The Kier molecular flexibility index (Phi) is 4.89. The van der Waals surface area contributed by atoms with E-state index in [4.69, 9.17) is 0 Å². The highest BCUT2D eigenvalue weighted by Gasteiger charge is 2.41. The summed E-state index contributed by atoms with van der Waals surface area (Å²) in [7, 11) is 0. The SMILES string of the molecule is CC(C)c1ccc(/C=C/C(=O)NC(C)C2CC3CCC2C3)cc1. The van der Waals surface area contributed by atoms with Gasteiger partial charge in [-0.25, -0.2) is 0 Å². The molecule has 0 radical (unpaired) electrons. The van der Waals surface area contributed by atoms with E-state index in [0.29, 0.717) is 17.9 Å². The number of benzene rings is 1. The zero-order valence-electron chi connectivity index (χ0n) is 14.6. The summed E-state index contributed by atoms with van der Waals surface area (Å²) in [5, 5.41) is 3.18. The summed E-state index contributed by atoms with van der Waals surface area (Å²) < 4.78 is 0. The molecule has 3 rings (SSSR count). The van der Waals surface area contributed by atoms with Crippen LogP contribution >= 0.6 is 0 Å². The maximum atomic E-state index is 12.2. The van der Waals surface area contributed by atoms with E-state index in [2.05, 4.69) is 50.4 Å². The second-order valence-corrected chi connectivity index (χ2v) is 7.79. The van der Waals surface area contributed by atoms with Crippen LogP contribution in [0.3, 0.4) is 0 Å². The van der Waals surface area contributed by atoms with Gasteiger partial charge in [0.25, 0.3) is 0 Å². The predicted octanol–water partition coefficient (Wildman–Crippen LogP) is 4.76. The monoisotopic (exact) mass is 311 g/mol. The smallest absolute Gasteiger partial charge is 0.244 e. The lowest BCUT2D eigenvalue weighted by Crippen LogP contribution is -2.39. The fraction of sp³-hybridized carbons (Fsp3) is 0.571. The Bertz CT molecular complexity index is 572. The fourth-order valence-electron chi connectivity index (χ4n) is 4.45. The molecule has 1 aromatic carbocycles. The molecular weight excluding hydrogens is 282 g/mol. The summed E-state index contributed by atoms with van der Waals surface area (Å²) in [6, 6.07) is 8.74. The molecule has 4 unspecified atom stereocenters. The van der Waals surface area contributed by atoms with Crippen molar-refractivity contribution in [3.05, 3.63) is 41.5 Å². The average Bonchev–Trinajstić information content (AvgIpc) is 3.16. The molecule has 2 fully saturated rings. The van der Waals surface area contributed by atoms with E-state index in [-0.39, 0.29) is 5.91 Å². The van der Waals surface area contributed by atoms with Crippen LogP contribution in [0.25, 0.3) is 6.08 Å². The first-order valence-corrected chi connectivity index (χ1v) is 9.11. The van der Waals surface area contributed by atoms with Gasteiger partial charge in [0.1, 0.15) is 0 Å². The molecule has 2 bridgehead atoms. The number of carbonyl (C=O) groups is 1. The van der Waals surface area contributed by atoms with Gasteiger partial charge < -0.3 is 5.32 Å². The Balaban J connectivity index is 1.52. The summed E-state index contributed by atoms with van der Waals surface area (Å²) in [6.07, 6.45) is 9.07. The van der Waals surface area contributed by atoms with Gasteiger partial charge in [0, 0.05) is 12.1 Å². The number of carbonyl (C=O) groups excluding carboxylic acids is 1. The molecule has 1 aromatic rings. The minimum atomic E-state index is 0.0354. The summed E-state index contributed by atoms with van der Waals surface area (Å²) in [5.74, 6) is 3.05. The van der Waals surface area contributed by atoms with Gasteiger partial charge in [-0.3, -0.25) is 4.79 Å². The molecule has 2 heteroatoms. The molecule has 0 aromatic heterocycles. The van der Waals surface area contributed by atoms with Gasteiger partial charge in [0.05, 0.1) is 0 Å². The molecule has 23 heavy (non-hydrogen) atoms. The first kappa shape index (κ1) is 16.3. The Labute approximate surface area is 140 Å². The maximum Gasteiger partial charge on any atom is 0.244 e. The van der Waals surface area contributed by atoms with Gasteiger partial charge in [-0.15, -0.1) is 0 Å². The number of rotatable bonds is 5. The number of hydrogen-bond donors (Lipinski definition) is 1. The van der Waals surface area contributed by atoms with Crippen LogP contribution in [0.4, 0.5) is 0 Å². The Hall–Kier alpha value is -1.57. The second kappa shape index (κ2) is 6.90. The van der Waals surface area contributed by atoms with Crippen LogP contribution in [-0.4, -0.2) is 11.9 Å². The van der Waals surface area contributed by atoms with E-state index < -0.39 is 0 Å². The van der Waals surface area contributed by atoms with Crippen molar-refractivity contribution in [2.24, 2.45) is 17.8 Å². The highest BCUT2D eigenvalue weighted by atomic mass is 16.1. The van der Waals surface area contributed by atoms with Crippen molar-refractivity contribution in [1.29, 1.82) is 0 Å². The van der Waals surface area contributed by atoms with Gasteiger partial charge in [-0.2, -0.15) is 0 Å². The van der Waals surface area contributed by atoms with E-state index in [1.165, 1.54) is 31.2 Å². The normalized spacial score (nSPS) is 27.7. The molecule has 4 atom stereocenters. The fourth-order valence-corrected chi connectivity index (χ4v) is 4.45. The molecule has 0 aliphatic heterocycles. The first-order chi connectivity index (χ1) is 11.0. The summed E-state index contributed by atoms with van der Waals surface area (Å²) in [4.78, 5) is 12.2. The lowest BCUT2D eigenvalue weighted by atomic mass is 9.84. The van der Waals surface area contributed by atoms with Gasteiger partial charge in [-0.05, 0) is 67.1 Å². The van der Waals surface area contributed by atoms with Crippen LogP contribution in [0.2, 0.25) is 0 Å². The number of nitrogens with one attached hydrogen (secondary N) is 1. The van der Waals surface area contributed by atoms with E-state index >= 15 is 0 Å². The Morgan fingerprint density at radius 2 is 1.87 bits per heavy atom. The molecule has 2 saturated carbocycles. The van der Waals surface area contributed by atoms with Crippen molar-refractivity contribution in [2.45, 2.75) is 58.4 Å². The number of fused-ring (bicyclic) bond motifs is 2. The third-order valence-electron chi connectivity index (χ3n) is 5.84. The molecule has 0 heterocycles. The van der Waals surface area contributed by atoms with Crippen molar-refractivity contribution in [3.63, 3.8) is 0 Å². The van der Waals surface area contributed by atoms with Crippen LogP contribution in [0.15, 0.2) is 30.3 Å². The van der Waals surface area contributed by atoms with Gasteiger partial charge in [0.2, 0.25) is 5.91 Å². The second-order valence-electron chi connectivity index (χ2n) is 7.79. The molecule has 1 N–H and O–H groups in total. The van der Waals surface area contributed by atoms with Crippen LogP contribution in [0, 0.1) is 17.8 Å². The minimum Gasteiger partial charge on any atom is -0.350 e. The summed E-state index contributed by atoms with van der Waals surface area (Å²) >= 11 is 0. The van der Waals surface area contributed by atoms with Crippen LogP contribution in [0.5, 0.6) is 0 Å². The van der Waals surface area contributed by atoms with Gasteiger partial charge in [-0.1, -0.05) is 44.5 Å². The highest BCUT2D eigenvalue weighted by molar-refractivity contribution is 5.91. The van der Waals surface area contributed by atoms with Crippen molar-refractivity contribution in [1.82, 2.24) is 5.32 Å². The molecule has 0 saturated heterocycles. The van der Waals surface area contributed by atoms with Crippen molar-refractivity contribution >= 4 is 12.0 Å². The highest BCUT2D eigenvalue weighted by Crippen LogP contribution is 2.49. The zero-order valence-corrected chi connectivity index (χ0v) is 14.6. The maximum absolute atomic E-state index is 12.2.